The minimum atomic E-state index is 0.0660. The van der Waals surface area contributed by atoms with Crippen molar-refractivity contribution in [3.8, 4) is 0 Å². The summed E-state index contributed by atoms with van der Waals surface area (Å²) in [5.41, 5.74) is 8.95. The van der Waals surface area contributed by atoms with E-state index in [1.54, 1.807) is 0 Å². The zero-order chi connectivity index (χ0) is 23.9. The van der Waals surface area contributed by atoms with Crippen LogP contribution in [0.15, 0.2) is 133 Å². The van der Waals surface area contributed by atoms with E-state index in [2.05, 4.69) is 91.0 Å². The molecule has 0 aliphatic rings. The van der Waals surface area contributed by atoms with E-state index in [4.69, 9.17) is 0 Å². The van der Waals surface area contributed by atoms with E-state index >= 15 is 0 Å². The largest absolute Gasteiger partial charge is 0.289 e. The molecule has 0 atom stereocenters. The monoisotopic (exact) mass is 452 g/mol. The molecule has 0 unspecified atom stereocenters. The smallest absolute Gasteiger partial charge is 0.193 e. The Morgan fingerprint density at radius 3 is 1.29 bits per heavy atom. The molecule has 170 valence electrons. The molecule has 0 aliphatic carbocycles. The van der Waals surface area contributed by atoms with Crippen LogP contribution in [0.25, 0.3) is 0 Å². The van der Waals surface area contributed by atoms with Gasteiger partial charge in [-0.3, -0.25) is 4.79 Å². The maximum Gasteiger partial charge on any atom is 0.193 e. The van der Waals surface area contributed by atoms with Gasteiger partial charge in [-0.1, -0.05) is 127 Å². The molecule has 0 saturated heterocycles. The molecule has 5 rings (SSSR count). The highest BCUT2D eigenvalue weighted by atomic mass is 16.1. The lowest BCUT2D eigenvalue weighted by molar-refractivity contribution is 0.103. The first-order valence-corrected chi connectivity index (χ1v) is 12.1. The normalized spacial score (nSPS) is 10.7. The lowest BCUT2D eigenvalue weighted by Crippen LogP contribution is -2.02. The van der Waals surface area contributed by atoms with Crippen molar-refractivity contribution in [3.05, 3.63) is 178 Å². The first kappa shape index (κ1) is 22.6. The molecule has 1 heteroatoms. The summed E-state index contributed by atoms with van der Waals surface area (Å²) in [5.74, 6) is 0.0660. The molecule has 0 heterocycles. The second-order valence-corrected chi connectivity index (χ2v) is 9.04. The van der Waals surface area contributed by atoms with Crippen LogP contribution in [-0.4, -0.2) is 5.78 Å². The Labute approximate surface area is 207 Å². The number of carbonyl (C=O) groups excluding carboxylic acids is 1. The number of hydrogen-bond acceptors (Lipinski definition) is 1. The maximum atomic E-state index is 13.1. The maximum absolute atomic E-state index is 13.1. The summed E-state index contributed by atoms with van der Waals surface area (Å²) in [7, 11) is 0. The molecule has 0 saturated carbocycles. The number of carbonyl (C=O) groups is 1. The minimum Gasteiger partial charge on any atom is -0.289 e. The van der Waals surface area contributed by atoms with Gasteiger partial charge >= 0.3 is 0 Å². The summed E-state index contributed by atoms with van der Waals surface area (Å²) >= 11 is 0. The van der Waals surface area contributed by atoms with E-state index in [-0.39, 0.29) is 5.78 Å². The Balaban J connectivity index is 1.24. The fourth-order valence-electron chi connectivity index (χ4n) is 4.44. The summed E-state index contributed by atoms with van der Waals surface area (Å²) in [6.45, 7) is 0. The molecule has 0 amide bonds. The van der Waals surface area contributed by atoms with Crippen LogP contribution in [0.4, 0.5) is 0 Å². The second-order valence-electron chi connectivity index (χ2n) is 9.04. The number of hydrogen-bond donors (Lipinski definition) is 0. The summed E-state index contributed by atoms with van der Waals surface area (Å²) in [4.78, 5) is 13.1. The quantitative estimate of drug-likeness (QED) is 0.221. The van der Waals surface area contributed by atoms with Crippen molar-refractivity contribution < 1.29 is 4.79 Å². The summed E-state index contributed by atoms with van der Waals surface area (Å²) in [5, 5.41) is 0. The van der Waals surface area contributed by atoms with Crippen LogP contribution in [0.3, 0.4) is 0 Å². The number of benzene rings is 5. The zero-order valence-electron chi connectivity index (χ0n) is 19.7. The van der Waals surface area contributed by atoms with Gasteiger partial charge in [-0.25, -0.2) is 0 Å². The van der Waals surface area contributed by atoms with E-state index in [9.17, 15) is 4.79 Å². The molecule has 0 fully saturated rings. The molecular weight excluding hydrogens is 424 g/mol. The predicted octanol–water partition coefficient (Wildman–Crippen LogP) is 7.69. The first-order chi connectivity index (χ1) is 17.2. The van der Waals surface area contributed by atoms with Crippen LogP contribution >= 0.6 is 0 Å². The summed E-state index contributed by atoms with van der Waals surface area (Å²) in [6.07, 6.45) is 2.62. The van der Waals surface area contributed by atoms with Crippen molar-refractivity contribution >= 4 is 5.78 Å². The van der Waals surface area contributed by atoms with Gasteiger partial charge in [0.15, 0.2) is 5.78 Å². The van der Waals surface area contributed by atoms with Gasteiger partial charge in [0.25, 0.3) is 0 Å². The van der Waals surface area contributed by atoms with Gasteiger partial charge in [-0.15, -0.1) is 0 Å². The van der Waals surface area contributed by atoms with Gasteiger partial charge in [0.1, 0.15) is 0 Å². The number of rotatable bonds is 8. The molecular formula is C34H28O. The van der Waals surface area contributed by atoms with E-state index < -0.39 is 0 Å². The van der Waals surface area contributed by atoms with Gasteiger partial charge in [-0.2, -0.15) is 0 Å². The molecule has 0 bridgehead atoms. The van der Waals surface area contributed by atoms with Crippen LogP contribution in [0, 0.1) is 0 Å². The van der Waals surface area contributed by atoms with Crippen LogP contribution in [0.5, 0.6) is 0 Å². The van der Waals surface area contributed by atoms with Crippen LogP contribution in [0.2, 0.25) is 0 Å². The summed E-state index contributed by atoms with van der Waals surface area (Å²) in [6, 6.07) is 45.7. The fraction of sp³-hybridized carbons (Fsp3) is 0.0882. The van der Waals surface area contributed by atoms with Crippen molar-refractivity contribution in [2.75, 3.05) is 0 Å². The lowest BCUT2D eigenvalue weighted by Gasteiger charge is -2.08. The Morgan fingerprint density at radius 2 is 0.771 bits per heavy atom. The van der Waals surface area contributed by atoms with Gasteiger partial charge in [-0.05, 0) is 58.7 Å². The van der Waals surface area contributed by atoms with Crippen molar-refractivity contribution in [2.45, 2.75) is 19.3 Å². The van der Waals surface area contributed by atoms with E-state index in [0.717, 1.165) is 36.0 Å². The second kappa shape index (κ2) is 10.8. The molecule has 35 heavy (non-hydrogen) atoms. The fourth-order valence-corrected chi connectivity index (χ4v) is 4.44. The van der Waals surface area contributed by atoms with Crippen molar-refractivity contribution in [1.29, 1.82) is 0 Å². The van der Waals surface area contributed by atoms with Crippen LogP contribution in [0.1, 0.15) is 49.3 Å². The topological polar surface area (TPSA) is 17.1 Å². The predicted molar refractivity (Wildman–Crippen MR) is 144 cm³/mol. The Morgan fingerprint density at radius 1 is 0.371 bits per heavy atom. The molecule has 0 aliphatic heterocycles. The lowest BCUT2D eigenvalue weighted by atomic mass is 9.96. The third-order valence-corrected chi connectivity index (χ3v) is 6.34. The average Bonchev–Trinajstić information content (AvgIpc) is 2.91. The third-order valence-electron chi connectivity index (χ3n) is 6.34. The zero-order valence-corrected chi connectivity index (χ0v) is 19.7. The molecule has 0 radical (unpaired) electrons. The van der Waals surface area contributed by atoms with Crippen molar-refractivity contribution in [3.63, 3.8) is 0 Å². The number of ketones is 1. The SMILES string of the molecule is O=C(c1ccc(Cc2ccccc2)cc1)c1cccc(Cc2ccc(Cc3ccccc3)cc2)c1. The van der Waals surface area contributed by atoms with Crippen molar-refractivity contribution in [2.24, 2.45) is 0 Å². The molecule has 0 spiro atoms. The highest BCUT2D eigenvalue weighted by Gasteiger charge is 2.10. The molecule has 0 aromatic heterocycles. The van der Waals surface area contributed by atoms with Gasteiger partial charge in [0, 0.05) is 11.1 Å². The van der Waals surface area contributed by atoms with Crippen LogP contribution < -0.4 is 0 Å². The van der Waals surface area contributed by atoms with E-state index in [0.29, 0.717) is 0 Å². The van der Waals surface area contributed by atoms with E-state index in [1.807, 2.05) is 42.5 Å². The molecule has 0 N–H and O–H groups in total. The Kier molecular flexibility index (Phi) is 6.96. The Bertz CT molecular complexity index is 1380. The summed E-state index contributed by atoms with van der Waals surface area (Å²) < 4.78 is 0. The third kappa shape index (κ3) is 6.02. The van der Waals surface area contributed by atoms with Gasteiger partial charge < -0.3 is 0 Å². The first-order valence-electron chi connectivity index (χ1n) is 12.1. The van der Waals surface area contributed by atoms with Gasteiger partial charge in [0.2, 0.25) is 0 Å². The highest BCUT2D eigenvalue weighted by molar-refractivity contribution is 6.09. The van der Waals surface area contributed by atoms with Gasteiger partial charge in [0.05, 0.1) is 0 Å². The van der Waals surface area contributed by atoms with E-state index in [1.165, 1.54) is 27.8 Å². The Hall–Kier alpha value is -4.23. The molecule has 1 nitrogen and oxygen atoms in total. The van der Waals surface area contributed by atoms with Crippen LogP contribution in [-0.2, 0) is 19.3 Å². The molecule has 5 aromatic carbocycles. The van der Waals surface area contributed by atoms with Crippen molar-refractivity contribution in [1.82, 2.24) is 0 Å². The highest BCUT2D eigenvalue weighted by Crippen LogP contribution is 2.18. The average molecular weight is 453 g/mol. The standard InChI is InChI=1S/C34H28O/c35-34(32-20-18-30(19-21-32)23-27-10-5-2-6-11-27)33-13-7-12-31(25-33)24-29-16-14-28(15-17-29)22-26-8-3-1-4-9-26/h1-21,25H,22-24H2. The molecule has 5 aromatic rings. The minimum absolute atomic E-state index is 0.0660.